The molecule has 0 saturated heterocycles. The van der Waals surface area contributed by atoms with Crippen LogP contribution in [0.15, 0.2) is 36.4 Å². The van der Waals surface area contributed by atoms with Gasteiger partial charge in [0.2, 0.25) is 0 Å². The number of hydrogen-bond acceptors (Lipinski definition) is 3. The first kappa shape index (κ1) is 12.8. The number of aromatic nitrogens is 2. The number of aryl methyl sites for hydroxylation is 1. The van der Waals surface area contributed by atoms with Gasteiger partial charge in [0.15, 0.2) is 0 Å². The summed E-state index contributed by atoms with van der Waals surface area (Å²) >= 11 is 0. The maximum atomic E-state index is 9.22. The summed E-state index contributed by atoms with van der Waals surface area (Å²) in [6, 6.07) is 12.0. The van der Waals surface area contributed by atoms with Gasteiger partial charge in [-0.3, -0.25) is 4.68 Å². The van der Waals surface area contributed by atoms with Crippen molar-refractivity contribution in [2.75, 3.05) is 6.61 Å². The van der Waals surface area contributed by atoms with E-state index >= 15 is 0 Å². The summed E-state index contributed by atoms with van der Waals surface area (Å²) in [7, 11) is 1.90. The lowest BCUT2D eigenvalue weighted by molar-refractivity contribution is 0.206. The molecule has 0 radical (unpaired) electrons. The molecule has 0 aliphatic rings. The average molecular weight is 245 g/mol. The molecule has 0 fully saturated rings. The molecule has 2 rings (SSSR count). The molecule has 2 aromatic rings. The molecular weight excluding hydrogens is 226 g/mol. The molecule has 4 heteroatoms. The van der Waals surface area contributed by atoms with Gasteiger partial charge in [-0.1, -0.05) is 30.3 Å². The van der Waals surface area contributed by atoms with E-state index in [0.29, 0.717) is 6.42 Å². The molecule has 0 aliphatic carbocycles. The van der Waals surface area contributed by atoms with E-state index in [2.05, 4.69) is 5.10 Å². The minimum atomic E-state index is -0.609. The first-order valence-corrected chi connectivity index (χ1v) is 6.00. The van der Waals surface area contributed by atoms with E-state index in [1.165, 1.54) is 0 Å². The molecule has 3 N–H and O–H groups in total. The number of nitrogens with two attached hydrogens (primary N) is 1. The van der Waals surface area contributed by atoms with Gasteiger partial charge in [-0.05, 0) is 13.0 Å². The molecule has 96 valence electrons. The van der Waals surface area contributed by atoms with Gasteiger partial charge in [-0.2, -0.15) is 5.10 Å². The summed E-state index contributed by atoms with van der Waals surface area (Å²) < 4.78 is 1.82. The number of rotatable bonds is 4. The van der Waals surface area contributed by atoms with Crippen LogP contribution in [0.25, 0.3) is 11.3 Å². The predicted molar refractivity (Wildman–Crippen MR) is 72.0 cm³/mol. The Hall–Kier alpha value is -1.65. The van der Waals surface area contributed by atoms with Crippen LogP contribution in [0.2, 0.25) is 0 Å². The number of nitrogens with zero attached hydrogens (tertiary/aromatic N) is 2. The van der Waals surface area contributed by atoms with Crippen molar-refractivity contribution in [1.82, 2.24) is 9.78 Å². The van der Waals surface area contributed by atoms with Gasteiger partial charge in [0.25, 0.3) is 0 Å². The monoisotopic (exact) mass is 245 g/mol. The van der Waals surface area contributed by atoms with Crippen molar-refractivity contribution in [2.24, 2.45) is 12.8 Å². The van der Waals surface area contributed by atoms with Crippen molar-refractivity contribution >= 4 is 0 Å². The van der Waals surface area contributed by atoms with Crippen LogP contribution in [0, 0.1) is 0 Å². The second-order valence-electron chi connectivity index (χ2n) is 5.00. The minimum Gasteiger partial charge on any atom is -0.394 e. The highest BCUT2D eigenvalue weighted by Crippen LogP contribution is 2.20. The fourth-order valence-corrected chi connectivity index (χ4v) is 1.89. The van der Waals surface area contributed by atoms with E-state index in [1.807, 2.05) is 55.1 Å². The summed E-state index contributed by atoms with van der Waals surface area (Å²) in [4.78, 5) is 0. The Bertz CT molecular complexity index is 517. The number of hydrogen-bond donors (Lipinski definition) is 2. The first-order valence-electron chi connectivity index (χ1n) is 6.00. The first-order chi connectivity index (χ1) is 8.52. The Morgan fingerprint density at radius 2 is 2.00 bits per heavy atom. The van der Waals surface area contributed by atoms with Crippen LogP contribution < -0.4 is 5.73 Å². The highest BCUT2D eigenvalue weighted by molar-refractivity contribution is 5.59. The standard InChI is InChI=1S/C14H19N3O/c1-14(15,10-18)9-12-8-13(16-17(12)2)11-6-4-3-5-7-11/h3-8,18H,9-10,15H2,1-2H3. The Balaban J connectivity index is 2.28. The van der Waals surface area contributed by atoms with Crippen molar-refractivity contribution in [3.05, 3.63) is 42.1 Å². The molecule has 0 amide bonds. The van der Waals surface area contributed by atoms with Crippen molar-refractivity contribution in [3.63, 3.8) is 0 Å². The van der Waals surface area contributed by atoms with Crippen LogP contribution in [-0.4, -0.2) is 27.0 Å². The summed E-state index contributed by atoms with van der Waals surface area (Å²) in [6.45, 7) is 1.79. The maximum absolute atomic E-state index is 9.22. The summed E-state index contributed by atoms with van der Waals surface area (Å²) in [5.41, 5.74) is 8.40. The largest absolute Gasteiger partial charge is 0.394 e. The van der Waals surface area contributed by atoms with Crippen LogP contribution in [0.3, 0.4) is 0 Å². The molecule has 1 heterocycles. The van der Waals surface area contributed by atoms with Crippen LogP contribution in [-0.2, 0) is 13.5 Å². The molecule has 18 heavy (non-hydrogen) atoms. The number of aliphatic hydroxyl groups excluding tert-OH is 1. The van der Waals surface area contributed by atoms with Crippen molar-refractivity contribution in [1.29, 1.82) is 0 Å². The summed E-state index contributed by atoms with van der Waals surface area (Å²) in [5, 5.41) is 13.7. The molecule has 4 nitrogen and oxygen atoms in total. The molecule has 0 bridgehead atoms. The molecule has 0 saturated carbocycles. The molecule has 0 aliphatic heterocycles. The minimum absolute atomic E-state index is 0.0428. The normalized spacial score (nSPS) is 14.4. The van der Waals surface area contributed by atoms with Crippen molar-refractivity contribution in [3.8, 4) is 11.3 Å². The van der Waals surface area contributed by atoms with Gasteiger partial charge in [0.1, 0.15) is 0 Å². The predicted octanol–water partition coefficient (Wildman–Crippen LogP) is 1.34. The number of benzene rings is 1. The van der Waals surface area contributed by atoms with E-state index in [4.69, 9.17) is 5.73 Å². The lowest BCUT2D eigenvalue weighted by Crippen LogP contribution is -2.42. The van der Waals surface area contributed by atoms with Gasteiger partial charge in [0, 0.05) is 30.3 Å². The van der Waals surface area contributed by atoms with E-state index in [9.17, 15) is 5.11 Å². The van der Waals surface area contributed by atoms with Crippen LogP contribution in [0.5, 0.6) is 0 Å². The van der Waals surface area contributed by atoms with E-state index in [-0.39, 0.29) is 6.61 Å². The highest BCUT2D eigenvalue weighted by Gasteiger charge is 2.20. The van der Waals surface area contributed by atoms with E-state index < -0.39 is 5.54 Å². The molecular formula is C14H19N3O. The maximum Gasteiger partial charge on any atom is 0.0925 e. The molecule has 1 aromatic carbocycles. The third-order valence-corrected chi connectivity index (χ3v) is 2.99. The van der Waals surface area contributed by atoms with Gasteiger partial charge in [-0.25, -0.2) is 0 Å². The zero-order valence-corrected chi connectivity index (χ0v) is 10.8. The highest BCUT2D eigenvalue weighted by atomic mass is 16.3. The van der Waals surface area contributed by atoms with Gasteiger partial charge >= 0.3 is 0 Å². The number of aliphatic hydroxyl groups is 1. The zero-order valence-electron chi connectivity index (χ0n) is 10.8. The third kappa shape index (κ3) is 2.78. The molecule has 0 spiro atoms. The SMILES string of the molecule is Cn1nc(-c2ccccc2)cc1CC(C)(N)CO. The summed E-state index contributed by atoms with van der Waals surface area (Å²) in [6.07, 6.45) is 0.597. The average Bonchev–Trinajstić information content (AvgIpc) is 2.72. The van der Waals surface area contributed by atoms with Gasteiger partial charge in [0.05, 0.1) is 12.3 Å². The zero-order chi connectivity index (χ0) is 13.2. The Labute approximate surface area is 107 Å². The Kier molecular flexibility index (Phi) is 3.50. The van der Waals surface area contributed by atoms with Gasteiger partial charge < -0.3 is 10.8 Å². The quantitative estimate of drug-likeness (QED) is 0.854. The van der Waals surface area contributed by atoms with Crippen molar-refractivity contribution in [2.45, 2.75) is 18.9 Å². The lowest BCUT2D eigenvalue weighted by atomic mass is 9.98. The molecule has 1 aromatic heterocycles. The van der Waals surface area contributed by atoms with Crippen LogP contribution >= 0.6 is 0 Å². The van der Waals surface area contributed by atoms with Crippen LogP contribution in [0.4, 0.5) is 0 Å². The Morgan fingerprint density at radius 3 is 2.61 bits per heavy atom. The third-order valence-electron chi connectivity index (χ3n) is 2.99. The topological polar surface area (TPSA) is 64.1 Å². The molecule has 1 unspecified atom stereocenters. The van der Waals surface area contributed by atoms with Gasteiger partial charge in [-0.15, -0.1) is 0 Å². The Morgan fingerprint density at radius 1 is 1.33 bits per heavy atom. The second-order valence-corrected chi connectivity index (χ2v) is 5.00. The van der Waals surface area contributed by atoms with Crippen LogP contribution in [0.1, 0.15) is 12.6 Å². The fraction of sp³-hybridized carbons (Fsp3) is 0.357. The van der Waals surface area contributed by atoms with E-state index in [0.717, 1.165) is 17.0 Å². The summed E-state index contributed by atoms with van der Waals surface area (Å²) in [5.74, 6) is 0. The fourth-order valence-electron chi connectivity index (χ4n) is 1.89. The van der Waals surface area contributed by atoms with E-state index in [1.54, 1.807) is 0 Å². The molecule has 1 atom stereocenters. The van der Waals surface area contributed by atoms with Crippen molar-refractivity contribution < 1.29 is 5.11 Å². The second kappa shape index (κ2) is 4.92. The lowest BCUT2D eigenvalue weighted by Gasteiger charge is -2.21. The smallest absolute Gasteiger partial charge is 0.0925 e.